The van der Waals surface area contributed by atoms with E-state index in [2.05, 4.69) is 10.7 Å². The van der Waals surface area contributed by atoms with E-state index in [1.807, 2.05) is 4.90 Å². The van der Waals surface area contributed by atoms with Gasteiger partial charge < -0.3 is 4.74 Å². The van der Waals surface area contributed by atoms with Crippen molar-refractivity contribution in [1.29, 1.82) is 0 Å². The molecule has 0 aromatic heterocycles. The minimum Gasteiger partial charge on any atom is -0.468 e. The predicted molar refractivity (Wildman–Crippen MR) is 45.4 cm³/mol. The molecule has 0 N–H and O–H groups in total. The number of carbonyl (C=O) groups is 1. The summed E-state index contributed by atoms with van der Waals surface area (Å²) < 4.78 is 4.66. The second-order valence-corrected chi connectivity index (χ2v) is 2.86. The van der Waals surface area contributed by atoms with Gasteiger partial charge in [-0.3, -0.25) is 9.69 Å². The van der Waals surface area contributed by atoms with Gasteiger partial charge in [-0.25, -0.2) is 0 Å². The van der Waals surface area contributed by atoms with Gasteiger partial charge in [-0.1, -0.05) is 5.92 Å². The number of ether oxygens (including phenoxy) is 1. The average Bonchev–Trinajstić information content (AvgIpc) is 2.52. The number of nitrogens with zero attached hydrogens (tertiary/aromatic N) is 1. The average molecular weight is 167 g/mol. The zero-order valence-corrected chi connectivity index (χ0v) is 7.25. The highest BCUT2D eigenvalue weighted by molar-refractivity contribution is 5.76. The molecule has 0 aromatic carbocycles. The number of hydrogen-bond donors (Lipinski definition) is 0. The summed E-state index contributed by atoms with van der Waals surface area (Å²) in [5, 5.41) is 0. The van der Waals surface area contributed by atoms with Crippen molar-refractivity contribution in [1.82, 2.24) is 4.90 Å². The molecule has 1 fully saturated rings. The van der Waals surface area contributed by atoms with E-state index in [0.717, 1.165) is 19.4 Å². The van der Waals surface area contributed by atoms with Gasteiger partial charge in [-0.05, 0) is 12.8 Å². The maximum absolute atomic E-state index is 11.2. The first-order chi connectivity index (χ1) is 5.79. The lowest BCUT2D eigenvalue weighted by Gasteiger charge is -2.19. The molecule has 12 heavy (non-hydrogen) atoms. The molecule has 3 heteroatoms. The first kappa shape index (κ1) is 9.08. The number of rotatable bonds is 2. The fourth-order valence-electron chi connectivity index (χ4n) is 1.54. The Bertz CT molecular complexity index is 207. The number of carbonyl (C=O) groups excluding carboxylic acids is 1. The number of methoxy groups -OCH3 is 1. The number of likely N-dealkylation sites (tertiary alicyclic amines) is 1. The summed E-state index contributed by atoms with van der Waals surface area (Å²) >= 11 is 0. The molecule has 0 aromatic rings. The first-order valence-corrected chi connectivity index (χ1v) is 4.05. The Hall–Kier alpha value is -1.01. The van der Waals surface area contributed by atoms with E-state index in [1.54, 1.807) is 0 Å². The van der Waals surface area contributed by atoms with Crippen molar-refractivity contribution in [3.63, 3.8) is 0 Å². The molecule has 1 atom stereocenters. The lowest BCUT2D eigenvalue weighted by molar-refractivity contribution is -0.145. The van der Waals surface area contributed by atoms with Crippen LogP contribution in [0.25, 0.3) is 0 Å². The first-order valence-electron chi connectivity index (χ1n) is 4.05. The third-order valence-electron chi connectivity index (χ3n) is 2.13. The van der Waals surface area contributed by atoms with Crippen LogP contribution in [0.4, 0.5) is 0 Å². The van der Waals surface area contributed by atoms with Crippen LogP contribution in [0.1, 0.15) is 12.8 Å². The van der Waals surface area contributed by atoms with Gasteiger partial charge in [0.2, 0.25) is 0 Å². The van der Waals surface area contributed by atoms with Crippen molar-refractivity contribution >= 4 is 5.97 Å². The molecule has 1 aliphatic heterocycles. The Labute approximate surface area is 72.7 Å². The van der Waals surface area contributed by atoms with E-state index in [4.69, 9.17) is 6.42 Å². The third-order valence-corrected chi connectivity index (χ3v) is 2.13. The Morgan fingerprint density at radius 3 is 3.17 bits per heavy atom. The van der Waals surface area contributed by atoms with Crippen LogP contribution in [0.3, 0.4) is 0 Å². The molecular formula is C9H13NO2. The summed E-state index contributed by atoms with van der Waals surface area (Å²) in [6, 6.07) is -0.106. The van der Waals surface area contributed by atoms with Crippen LogP contribution < -0.4 is 0 Å². The maximum atomic E-state index is 11.2. The minimum atomic E-state index is -0.164. The molecule has 1 heterocycles. The molecule has 1 rings (SSSR count). The van der Waals surface area contributed by atoms with Crippen molar-refractivity contribution in [2.75, 3.05) is 20.2 Å². The Morgan fingerprint density at radius 2 is 2.58 bits per heavy atom. The molecule has 66 valence electrons. The molecule has 0 radical (unpaired) electrons. The lowest BCUT2D eigenvalue weighted by Crippen LogP contribution is -2.36. The van der Waals surface area contributed by atoms with E-state index >= 15 is 0 Å². The predicted octanol–water partition coefficient (Wildman–Crippen LogP) is 0.257. The number of hydrogen-bond acceptors (Lipinski definition) is 3. The summed E-state index contributed by atoms with van der Waals surface area (Å²) in [5.41, 5.74) is 0. The highest BCUT2D eigenvalue weighted by Crippen LogP contribution is 2.17. The summed E-state index contributed by atoms with van der Waals surface area (Å²) in [5.74, 6) is 2.37. The third kappa shape index (κ3) is 1.77. The summed E-state index contributed by atoms with van der Waals surface area (Å²) in [7, 11) is 1.41. The molecular weight excluding hydrogens is 154 g/mol. The van der Waals surface area contributed by atoms with E-state index < -0.39 is 0 Å². The lowest BCUT2D eigenvalue weighted by atomic mass is 10.2. The molecule has 1 unspecified atom stereocenters. The van der Waals surface area contributed by atoms with Crippen LogP contribution in [-0.2, 0) is 9.53 Å². The molecule has 0 bridgehead atoms. The molecule has 1 saturated heterocycles. The summed E-state index contributed by atoms with van der Waals surface area (Å²) in [6.45, 7) is 1.45. The van der Waals surface area contributed by atoms with Crippen LogP contribution in [0.5, 0.6) is 0 Å². The fraction of sp³-hybridized carbons (Fsp3) is 0.667. The van der Waals surface area contributed by atoms with Crippen molar-refractivity contribution in [3.8, 4) is 12.3 Å². The van der Waals surface area contributed by atoms with Gasteiger partial charge in [0.1, 0.15) is 6.04 Å². The van der Waals surface area contributed by atoms with E-state index in [1.165, 1.54) is 7.11 Å². The Morgan fingerprint density at radius 1 is 1.83 bits per heavy atom. The number of terminal acetylenes is 1. The van der Waals surface area contributed by atoms with Crippen molar-refractivity contribution < 1.29 is 9.53 Å². The van der Waals surface area contributed by atoms with Crippen LogP contribution in [0, 0.1) is 12.3 Å². The molecule has 3 nitrogen and oxygen atoms in total. The normalized spacial score (nSPS) is 23.5. The van der Waals surface area contributed by atoms with Gasteiger partial charge in [0.15, 0.2) is 0 Å². The van der Waals surface area contributed by atoms with Crippen molar-refractivity contribution in [2.24, 2.45) is 0 Å². The van der Waals surface area contributed by atoms with Gasteiger partial charge in [0.05, 0.1) is 13.7 Å². The van der Waals surface area contributed by atoms with Gasteiger partial charge in [-0.2, -0.15) is 0 Å². The summed E-state index contributed by atoms with van der Waals surface area (Å²) in [4.78, 5) is 13.1. The quantitative estimate of drug-likeness (QED) is 0.436. The largest absolute Gasteiger partial charge is 0.468 e. The van der Waals surface area contributed by atoms with E-state index in [-0.39, 0.29) is 12.0 Å². The molecule has 0 spiro atoms. The van der Waals surface area contributed by atoms with E-state index in [9.17, 15) is 4.79 Å². The van der Waals surface area contributed by atoms with Gasteiger partial charge in [-0.15, -0.1) is 6.42 Å². The number of esters is 1. The monoisotopic (exact) mass is 167 g/mol. The van der Waals surface area contributed by atoms with Crippen LogP contribution in [0.2, 0.25) is 0 Å². The minimum absolute atomic E-state index is 0.106. The molecule has 0 saturated carbocycles. The second-order valence-electron chi connectivity index (χ2n) is 2.86. The van der Waals surface area contributed by atoms with Gasteiger partial charge >= 0.3 is 5.97 Å². The zero-order chi connectivity index (χ0) is 8.97. The topological polar surface area (TPSA) is 29.5 Å². The van der Waals surface area contributed by atoms with Crippen LogP contribution in [-0.4, -0.2) is 37.1 Å². The molecule has 0 amide bonds. The molecule has 0 aliphatic carbocycles. The van der Waals surface area contributed by atoms with Gasteiger partial charge in [0, 0.05) is 6.54 Å². The van der Waals surface area contributed by atoms with Crippen LogP contribution in [0.15, 0.2) is 0 Å². The maximum Gasteiger partial charge on any atom is 0.323 e. The SMILES string of the molecule is C#CCN1CCCC1C(=O)OC. The Kier molecular flexibility index (Phi) is 3.12. The standard InChI is InChI=1S/C9H13NO2/c1-3-6-10-7-4-5-8(10)9(11)12-2/h1,8H,4-7H2,2H3. The fourth-order valence-corrected chi connectivity index (χ4v) is 1.54. The Balaban J connectivity index is 2.52. The smallest absolute Gasteiger partial charge is 0.323 e. The van der Waals surface area contributed by atoms with Crippen molar-refractivity contribution in [3.05, 3.63) is 0 Å². The van der Waals surface area contributed by atoms with E-state index in [0.29, 0.717) is 6.54 Å². The van der Waals surface area contributed by atoms with Crippen molar-refractivity contribution in [2.45, 2.75) is 18.9 Å². The van der Waals surface area contributed by atoms with Gasteiger partial charge in [0.25, 0.3) is 0 Å². The summed E-state index contributed by atoms with van der Waals surface area (Å²) in [6.07, 6.45) is 7.07. The second kappa shape index (κ2) is 4.13. The highest BCUT2D eigenvalue weighted by Gasteiger charge is 2.30. The van der Waals surface area contributed by atoms with Crippen LogP contribution >= 0.6 is 0 Å². The highest BCUT2D eigenvalue weighted by atomic mass is 16.5. The molecule has 1 aliphatic rings. The zero-order valence-electron chi connectivity index (χ0n) is 7.25.